The van der Waals surface area contributed by atoms with Crippen molar-refractivity contribution in [1.82, 2.24) is 9.78 Å². The lowest BCUT2D eigenvalue weighted by molar-refractivity contribution is -0.137. The average Bonchev–Trinajstić information content (AvgIpc) is 2.80. The lowest BCUT2D eigenvalue weighted by Crippen LogP contribution is -2.13. The van der Waals surface area contributed by atoms with Crippen LogP contribution in [0, 0.1) is 0 Å². The molecule has 3 nitrogen and oxygen atoms in total. The van der Waals surface area contributed by atoms with Crippen LogP contribution >= 0.6 is 0 Å². The van der Waals surface area contributed by atoms with Crippen molar-refractivity contribution in [1.29, 1.82) is 0 Å². The van der Waals surface area contributed by atoms with Crippen LogP contribution in [0.3, 0.4) is 0 Å². The van der Waals surface area contributed by atoms with Crippen LogP contribution in [0.1, 0.15) is 15.9 Å². The standard InChI is InChI=1S/C11H7F3N2O/c12-11(13,14)9-4-2-8(3-5-9)10(17)16-7-1-6-15-16/h1-7H. The van der Waals surface area contributed by atoms with E-state index in [0.29, 0.717) is 0 Å². The van der Waals surface area contributed by atoms with Gasteiger partial charge in [-0.2, -0.15) is 18.3 Å². The minimum Gasteiger partial charge on any atom is -0.267 e. The molecular formula is C11H7F3N2O. The van der Waals surface area contributed by atoms with Gasteiger partial charge in [0, 0.05) is 18.0 Å². The van der Waals surface area contributed by atoms with Gasteiger partial charge in [0.2, 0.25) is 0 Å². The highest BCUT2D eigenvalue weighted by Gasteiger charge is 2.30. The van der Waals surface area contributed by atoms with Gasteiger partial charge in [0.15, 0.2) is 0 Å². The molecule has 1 heterocycles. The summed E-state index contributed by atoms with van der Waals surface area (Å²) in [5, 5.41) is 3.71. The summed E-state index contributed by atoms with van der Waals surface area (Å²) in [6.45, 7) is 0. The first-order chi connectivity index (χ1) is 7.98. The highest BCUT2D eigenvalue weighted by molar-refractivity contribution is 5.95. The fourth-order valence-corrected chi connectivity index (χ4v) is 1.32. The number of benzene rings is 1. The molecule has 1 aromatic heterocycles. The number of rotatable bonds is 1. The van der Waals surface area contributed by atoms with E-state index in [1.54, 1.807) is 6.07 Å². The van der Waals surface area contributed by atoms with Gasteiger partial charge in [-0.1, -0.05) is 0 Å². The van der Waals surface area contributed by atoms with Crippen molar-refractivity contribution in [3.05, 3.63) is 53.9 Å². The van der Waals surface area contributed by atoms with E-state index in [-0.39, 0.29) is 5.56 Å². The molecule has 0 aliphatic carbocycles. The van der Waals surface area contributed by atoms with Crippen LogP contribution in [-0.4, -0.2) is 15.7 Å². The van der Waals surface area contributed by atoms with Crippen LogP contribution in [0.4, 0.5) is 13.2 Å². The monoisotopic (exact) mass is 240 g/mol. The minimum absolute atomic E-state index is 0.154. The summed E-state index contributed by atoms with van der Waals surface area (Å²) in [5.74, 6) is -0.469. The molecule has 0 spiro atoms. The van der Waals surface area contributed by atoms with Crippen molar-refractivity contribution < 1.29 is 18.0 Å². The zero-order chi connectivity index (χ0) is 12.5. The van der Waals surface area contributed by atoms with Gasteiger partial charge in [-0.3, -0.25) is 4.79 Å². The molecule has 0 saturated carbocycles. The van der Waals surface area contributed by atoms with Crippen LogP contribution in [0.15, 0.2) is 42.7 Å². The Morgan fingerprint density at radius 3 is 2.29 bits per heavy atom. The molecule has 0 radical (unpaired) electrons. The number of alkyl halides is 3. The molecule has 6 heteroatoms. The number of halogens is 3. The van der Waals surface area contributed by atoms with Gasteiger partial charge in [-0.15, -0.1) is 0 Å². The zero-order valence-corrected chi connectivity index (χ0v) is 8.48. The maximum Gasteiger partial charge on any atom is 0.416 e. The van der Waals surface area contributed by atoms with Crippen LogP contribution in [-0.2, 0) is 6.18 Å². The van der Waals surface area contributed by atoms with Gasteiger partial charge in [0.05, 0.1) is 5.56 Å². The van der Waals surface area contributed by atoms with Gasteiger partial charge in [0.25, 0.3) is 5.91 Å². The summed E-state index contributed by atoms with van der Waals surface area (Å²) in [7, 11) is 0. The van der Waals surface area contributed by atoms with Crippen LogP contribution in [0.2, 0.25) is 0 Å². The predicted molar refractivity (Wildman–Crippen MR) is 53.4 cm³/mol. The van der Waals surface area contributed by atoms with E-state index in [2.05, 4.69) is 5.10 Å². The second-order valence-electron chi connectivity index (χ2n) is 3.33. The first-order valence-corrected chi connectivity index (χ1v) is 4.70. The van der Waals surface area contributed by atoms with Crippen molar-refractivity contribution in [2.45, 2.75) is 6.18 Å². The molecule has 2 rings (SSSR count). The fourth-order valence-electron chi connectivity index (χ4n) is 1.32. The Kier molecular flexibility index (Phi) is 2.71. The third-order valence-corrected chi connectivity index (χ3v) is 2.17. The predicted octanol–water partition coefficient (Wildman–Crippen LogP) is 2.59. The molecular weight excluding hydrogens is 233 g/mol. The van der Waals surface area contributed by atoms with E-state index in [4.69, 9.17) is 0 Å². The Hall–Kier alpha value is -2.11. The van der Waals surface area contributed by atoms with Gasteiger partial charge >= 0.3 is 6.18 Å². The van der Waals surface area contributed by atoms with Crippen LogP contribution in [0.25, 0.3) is 0 Å². The number of hydrogen-bond donors (Lipinski definition) is 0. The fraction of sp³-hybridized carbons (Fsp3) is 0.0909. The van der Waals surface area contributed by atoms with Crippen molar-refractivity contribution >= 4 is 5.91 Å². The maximum absolute atomic E-state index is 12.3. The van der Waals surface area contributed by atoms with Gasteiger partial charge < -0.3 is 0 Å². The quantitative estimate of drug-likeness (QED) is 0.767. The normalized spacial score (nSPS) is 11.5. The molecule has 88 valence electrons. The van der Waals surface area contributed by atoms with Gasteiger partial charge in [-0.05, 0) is 30.3 Å². The molecule has 2 aromatic rings. The van der Waals surface area contributed by atoms with Gasteiger partial charge in [-0.25, -0.2) is 4.68 Å². The number of nitrogens with zero attached hydrogens (tertiary/aromatic N) is 2. The van der Waals surface area contributed by atoms with Crippen molar-refractivity contribution in [3.63, 3.8) is 0 Å². The molecule has 1 aromatic carbocycles. The Morgan fingerprint density at radius 1 is 1.18 bits per heavy atom. The van der Waals surface area contributed by atoms with E-state index in [1.807, 2.05) is 0 Å². The summed E-state index contributed by atoms with van der Waals surface area (Å²) in [6, 6.07) is 5.56. The molecule has 0 amide bonds. The lowest BCUT2D eigenvalue weighted by Gasteiger charge is -2.06. The van der Waals surface area contributed by atoms with Gasteiger partial charge in [0.1, 0.15) is 0 Å². The smallest absolute Gasteiger partial charge is 0.267 e. The molecule has 0 atom stereocenters. The summed E-state index contributed by atoms with van der Waals surface area (Å²) >= 11 is 0. The highest BCUT2D eigenvalue weighted by Crippen LogP contribution is 2.29. The largest absolute Gasteiger partial charge is 0.416 e. The van der Waals surface area contributed by atoms with E-state index < -0.39 is 17.6 Å². The molecule has 0 N–H and O–H groups in total. The molecule has 0 aliphatic rings. The van der Waals surface area contributed by atoms with Crippen molar-refractivity contribution in [2.24, 2.45) is 0 Å². The maximum atomic E-state index is 12.3. The molecule has 0 fully saturated rings. The van der Waals surface area contributed by atoms with E-state index in [0.717, 1.165) is 28.9 Å². The first kappa shape index (κ1) is 11.4. The first-order valence-electron chi connectivity index (χ1n) is 4.70. The lowest BCUT2D eigenvalue weighted by atomic mass is 10.1. The zero-order valence-electron chi connectivity index (χ0n) is 8.48. The SMILES string of the molecule is O=C(c1ccc(C(F)(F)F)cc1)n1cccn1. The second-order valence-corrected chi connectivity index (χ2v) is 3.33. The molecule has 17 heavy (non-hydrogen) atoms. The summed E-state index contributed by atoms with van der Waals surface area (Å²) in [5.41, 5.74) is -0.629. The number of aromatic nitrogens is 2. The topological polar surface area (TPSA) is 34.9 Å². The number of hydrogen-bond acceptors (Lipinski definition) is 2. The molecule has 0 aliphatic heterocycles. The van der Waals surface area contributed by atoms with E-state index in [1.165, 1.54) is 12.4 Å². The minimum atomic E-state index is -4.40. The van der Waals surface area contributed by atoms with Crippen LogP contribution in [0.5, 0.6) is 0 Å². The highest BCUT2D eigenvalue weighted by atomic mass is 19.4. The average molecular weight is 240 g/mol. The number of carbonyl (C=O) groups excluding carboxylic acids is 1. The van der Waals surface area contributed by atoms with E-state index >= 15 is 0 Å². The second kappa shape index (κ2) is 4.04. The summed E-state index contributed by atoms with van der Waals surface area (Å²) < 4.78 is 37.9. The summed E-state index contributed by atoms with van der Waals surface area (Å²) in [6.07, 6.45) is -1.55. The Morgan fingerprint density at radius 2 is 1.82 bits per heavy atom. The Balaban J connectivity index is 2.28. The molecule has 0 unspecified atom stereocenters. The van der Waals surface area contributed by atoms with E-state index in [9.17, 15) is 18.0 Å². The number of carbonyl (C=O) groups is 1. The third-order valence-electron chi connectivity index (χ3n) is 2.17. The summed E-state index contributed by atoms with van der Waals surface area (Å²) in [4.78, 5) is 11.7. The van der Waals surface area contributed by atoms with Crippen molar-refractivity contribution in [2.75, 3.05) is 0 Å². The third kappa shape index (κ3) is 2.35. The molecule has 0 bridgehead atoms. The molecule has 0 saturated heterocycles. The van der Waals surface area contributed by atoms with Crippen molar-refractivity contribution in [3.8, 4) is 0 Å². The Bertz CT molecular complexity index is 515. The Labute approximate surface area is 94.5 Å². The van der Waals surface area contributed by atoms with Crippen LogP contribution < -0.4 is 0 Å².